The molecular weight excluding hydrogens is 307 g/mol. The van der Waals surface area contributed by atoms with Crippen molar-refractivity contribution in [1.29, 1.82) is 0 Å². The van der Waals surface area contributed by atoms with Crippen LogP contribution in [-0.4, -0.2) is 16.1 Å². The molecule has 0 saturated carbocycles. The fraction of sp³-hybridized carbons (Fsp3) is 0.0556. The molecule has 0 saturated heterocycles. The largest absolute Gasteiger partial charge is 0.339 e. The van der Waals surface area contributed by atoms with E-state index in [1.807, 2.05) is 31.2 Å². The molecule has 2 N–H and O–H groups in total. The van der Waals surface area contributed by atoms with Gasteiger partial charge in [-0.3, -0.25) is 4.79 Å². The maximum atomic E-state index is 12.9. The zero-order valence-corrected chi connectivity index (χ0v) is 13.0. The number of amides is 1. The number of anilines is 3. The predicted octanol–water partition coefficient (Wildman–Crippen LogP) is 3.92. The van der Waals surface area contributed by atoms with Gasteiger partial charge >= 0.3 is 0 Å². The molecule has 6 heteroatoms. The summed E-state index contributed by atoms with van der Waals surface area (Å²) in [4.78, 5) is 12.0. The van der Waals surface area contributed by atoms with E-state index in [1.54, 1.807) is 12.1 Å². The van der Waals surface area contributed by atoms with E-state index < -0.39 is 5.82 Å². The van der Waals surface area contributed by atoms with Crippen LogP contribution in [0.3, 0.4) is 0 Å². The number of rotatable bonds is 4. The third-order valence-electron chi connectivity index (χ3n) is 3.30. The molecule has 5 nitrogen and oxygen atoms in total. The quantitative estimate of drug-likeness (QED) is 0.764. The Morgan fingerprint density at radius 1 is 0.958 bits per heavy atom. The molecular formula is C18H15FN4O. The highest BCUT2D eigenvalue weighted by atomic mass is 19.1. The number of hydrogen-bond donors (Lipinski definition) is 2. The Morgan fingerprint density at radius 2 is 1.67 bits per heavy atom. The number of carbonyl (C=O) groups excluding carboxylic acids is 1. The van der Waals surface area contributed by atoms with Crippen molar-refractivity contribution in [2.75, 3.05) is 10.6 Å². The number of aromatic nitrogens is 2. The first-order valence-electron chi connectivity index (χ1n) is 7.34. The zero-order chi connectivity index (χ0) is 16.9. The Morgan fingerprint density at radius 3 is 2.33 bits per heavy atom. The van der Waals surface area contributed by atoms with Crippen LogP contribution in [0.2, 0.25) is 0 Å². The van der Waals surface area contributed by atoms with Crippen molar-refractivity contribution >= 4 is 23.2 Å². The van der Waals surface area contributed by atoms with Gasteiger partial charge in [0.2, 0.25) is 0 Å². The molecule has 3 aromatic rings. The van der Waals surface area contributed by atoms with E-state index in [1.165, 1.54) is 24.3 Å². The van der Waals surface area contributed by atoms with Crippen LogP contribution in [0.5, 0.6) is 0 Å². The van der Waals surface area contributed by atoms with Gasteiger partial charge in [0.25, 0.3) is 5.91 Å². The smallest absolute Gasteiger partial charge is 0.256 e. The van der Waals surface area contributed by atoms with Gasteiger partial charge < -0.3 is 10.6 Å². The lowest BCUT2D eigenvalue weighted by Gasteiger charge is -2.07. The van der Waals surface area contributed by atoms with Gasteiger partial charge in [0.15, 0.2) is 11.6 Å². The normalized spacial score (nSPS) is 10.2. The number of carbonyl (C=O) groups is 1. The van der Waals surface area contributed by atoms with Crippen LogP contribution in [0.25, 0.3) is 0 Å². The molecule has 0 unspecified atom stereocenters. The van der Waals surface area contributed by atoms with E-state index in [4.69, 9.17) is 0 Å². The Labute approximate surface area is 138 Å². The first-order valence-corrected chi connectivity index (χ1v) is 7.34. The third kappa shape index (κ3) is 3.92. The second kappa shape index (κ2) is 6.87. The monoisotopic (exact) mass is 322 g/mol. The fourth-order valence-electron chi connectivity index (χ4n) is 2.13. The third-order valence-corrected chi connectivity index (χ3v) is 3.30. The summed E-state index contributed by atoms with van der Waals surface area (Å²) < 4.78 is 12.9. The first-order chi connectivity index (χ1) is 11.6. The number of nitrogens with one attached hydrogen (secondary N) is 2. The van der Waals surface area contributed by atoms with Gasteiger partial charge in [-0.05, 0) is 61.0 Å². The number of aryl methyl sites for hydroxylation is 1. The van der Waals surface area contributed by atoms with Crippen molar-refractivity contribution < 1.29 is 9.18 Å². The van der Waals surface area contributed by atoms with Crippen LogP contribution in [-0.2, 0) is 0 Å². The molecule has 0 aliphatic rings. The lowest BCUT2D eigenvalue weighted by molar-refractivity contribution is 0.102. The summed E-state index contributed by atoms with van der Waals surface area (Å²) in [6.07, 6.45) is 0. The van der Waals surface area contributed by atoms with E-state index >= 15 is 0 Å². The second-order valence-corrected chi connectivity index (χ2v) is 5.26. The summed E-state index contributed by atoms with van der Waals surface area (Å²) in [7, 11) is 0. The van der Waals surface area contributed by atoms with Crippen LogP contribution < -0.4 is 10.6 Å². The average Bonchev–Trinajstić information content (AvgIpc) is 2.57. The molecule has 0 atom stereocenters. The van der Waals surface area contributed by atoms with Gasteiger partial charge in [0.05, 0.1) is 0 Å². The van der Waals surface area contributed by atoms with Crippen molar-refractivity contribution in [1.82, 2.24) is 10.2 Å². The summed E-state index contributed by atoms with van der Waals surface area (Å²) in [5, 5.41) is 13.7. The SMILES string of the molecule is Cc1cccc(Nc2ccc(NC(=O)c3ccc(F)cc3)nn2)c1. The number of hydrogen-bond acceptors (Lipinski definition) is 4. The maximum Gasteiger partial charge on any atom is 0.256 e. The van der Waals surface area contributed by atoms with Crippen LogP contribution in [0, 0.1) is 12.7 Å². The molecule has 1 amide bonds. The molecule has 0 spiro atoms. The Bertz CT molecular complexity index is 848. The molecule has 3 rings (SSSR count). The van der Waals surface area contributed by atoms with E-state index in [0.29, 0.717) is 17.2 Å². The molecule has 24 heavy (non-hydrogen) atoms. The van der Waals surface area contributed by atoms with E-state index in [-0.39, 0.29) is 5.91 Å². The zero-order valence-electron chi connectivity index (χ0n) is 13.0. The number of benzene rings is 2. The Hall–Kier alpha value is -3.28. The van der Waals surface area contributed by atoms with Crippen LogP contribution in [0.1, 0.15) is 15.9 Å². The Kier molecular flexibility index (Phi) is 4.47. The predicted molar refractivity (Wildman–Crippen MR) is 90.8 cm³/mol. The van der Waals surface area contributed by atoms with Crippen molar-refractivity contribution in [3.8, 4) is 0 Å². The molecule has 0 fully saturated rings. The molecule has 0 aliphatic carbocycles. The van der Waals surface area contributed by atoms with Gasteiger partial charge in [0.1, 0.15) is 5.82 Å². The van der Waals surface area contributed by atoms with Gasteiger partial charge in [-0.15, -0.1) is 10.2 Å². The second-order valence-electron chi connectivity index (χ2n) is 5.26. The first kappa shape index (κ1) is 15.6. The minimum atomic E-state index is -0.391. The minimum Gasteiger partial charge on any atom is -0.339 e. The van der Waals surface area contributed by atoms with Crippen LogP contribution in [0.4, 0.5) is 21.7 Å². The fourth-order valence-corrected chi connectivity index (χ4v) is 2.13. The summed E-state index contributed by atoms with van der Waals surface area (Å²) >= 11 is 0. The maximum absolute atomic E-state index is 12.9. The van der Waals surface area contributed by atoms with Gasteiger partial charge in [-0.1, -0.05) is 12.1 Å². The van der Waals surface area contributed by atoms with E-state index in [2.05, 4.69) is 20.8 Å². The number of halogens is 1. The van der Waals surface area contributed by atoms with Crippen molar-refractivity contribution in [3.63, 3.8) is 0 Å². The summed E-state index contributed by atoms with van der Waals surface area (Å²) in [5.74, 6) is 0.126. The average molecular weight is 322 g/mol. The topological polar surface area (TPSA) is 66.9 Å². The summed E-state index contributed by atoms with van der Waals surface area (Å²) in [6.45, 7) is 2.00. The standard InChI is InChI=1S/C18H15FN4O/c1-12-3-2-4-15(11-12)20-16-9-10-17(23-22-16)21-18(24)13-5-7-14(19)8-6-13/h2-11H,1H3,(H,20,22)(H,21,23,24). The van der Waals surface area contributed by atoms with Crippen LogP contribution in [0.15, 0.2) is 60.7 Å². The molecule has 0 aliphatic heterocycles. The van der Waals surface area contributed by atoms with Gasteiger partial charge in [-0.25, -0.2) is 4.39 Å². The van der Waals surface area contributed by atoms with E-state index in [0.717, 1.165) is 11.3 Å². The highest BCUT2D eigenvalue weighted by Gasteiger charge is 2.07. The lowest BCUT2D eigenvalue weighted by atomic mass is 10.2. The summed E-state index contributed by atoms with van der Waals surface area (Å²) in [6, 6.07) is 16.5. The Balaban J connectivity index is 1.66. The van der Waals surface area contributed by atoms with Crippen LogP contribution >= 0.6 is 0 Å². The molecule has 0 radical (unpaired) electrons. The molecule has 2 aromatic carbocycles. The lowest BCUT2D eigenvalue weighted by Crippen LogP contribution is -2.13. The van der Waals surface area contributed by atoms with Gasteiger partial charge in [0, 0.05) is 11.3 Å². The van der Waals surface area contributed by atoms with Crippen molar-refractivity contribution in [2.24, 2.45) is 0 Å². The summed E-state index contributed by atoms with van der Waals surface area (Å²) in [5.41, 5.74) is 2.39. The van der Waals surface area contributed by atoms with E-state index in [9.17, 15) is 9.18 Å². The van der Waals surface area contributed by atoms with Crippen molar-refractivity contribution in [3.05, 3.63) is 77.6 Å². The molecule has 1 aromatic heterocycles. The van der Waals surface area contributed by atoms with Gasteiger partial charge in [-0.2, -0.15) is 0 Å². The highest BCUT2D eigenvalue weighted by molar-refractivity contribution is 6.03. The van der Waals surface area contributed by atoms with Crippen molar-refractivity contribution in [2.45, 2.75) is 6.92 Å². The highest BCUT2D eigenvalue weighted by Crippen LogP contribution is 2.16. The molecule has 120 valence electrons. The molecule has 0 bridgehead atoms. The molecule has 1 heterocycles. The number of nitrogens with zero attached hydrogens (tertiary/aromatic N) is 2. The minimum absolute atomic E-state index is 0.319.